The molecule has 5 heteroatoms. The molecule has 1 aliphatic heterocycles. The van der Waals surface area contributed by atoms with Crippen LogP contribution in [-0.2, 0) is 4.74 Å². The summed E-state index contributed by atoms with van der Waals surface area (Å²) in [6.07, 6.45) is 4.44. The van der Waals surface area contributed by atoms with E-state index in [4.69, 9.17) is 4.74 Å². The number of carbonyl (C=O) groups is 1. The molecule has 1 amide bonds. The van der Waals surface area contributed by atoms with Gasteiger partial charge in [-0.25, -0.2) is 0 Å². The first-order valence-corrected chi connectivity index (χ1v) is 8.29. The Kier molecular flexibility index (Phi) is 3.65. The van der Waals surface area contributed by atoms with E-state index in [-0.39, 0.29) is 23.6 Å². The minimum absolute atomic E-state index is 0.0486. The summed E-state index contributed by atoms with van der Waals surface area (Å²) in [7, 11) is 0. The first kappa shape index (κ1) is 14.5. The molecule has 1 aliphatic carbocycles. The Hall–Kier alpha value is -2.14. The van der Waals surface area contributed by atoms with E-state index in [0.29, 0.717) is 24.2 Å². The Bertz CT molecular complexity index is 796. The fraction of sp³-hybridized carbons (Fsp3) is 0.444. The zero-order valence-corrected chi connectivity index (χ0v) is 13.0. The second-order valence-corrected chi connectivity index (χ2v) is 6.35. The van der Waals surface area contributed by atoms with Crippen LogP contribution in [0.15, 0.2) is 35.1 Å². The van der Waals surface area contributed by atoms with Crippen LogP contribution in [0.25, 0.3) is 10.9 Å². The van der Waals surface area contributed by atoms with Gasteiger partial charge in [0.25, 0.3) is 5.91 Å². The molecule has 4 rings (SSSR count). The number of para-hydroxylation sites is 1. The first-order valence-electron chi connectivity index (χ1n) is 8.29. The average Bonchev–Trinajstić information content (AvgIpc) is 2.60. The van der Waals surface area contributed by atoms with Crippen molar-refractivity contribution in [3.8, 4) is 0 Å². The predicted molar refractivity (Wildman–Crippen MR) is 87.6 cm³/mol. The SMILES string of the molecule is O=C(c1cc(=O)[nH]c2ccccc12)N1CCO[C@H]2CCCC[C@@H]21. The van der Waals surface area contributed by atoms with Crippen molar-refractivity contribution in [3.63, 3.8) is 0 Å². The van der Waals surface area contributed by atoms with Crippen LogP contribution in [0.5, 0.6) is 0 Å². The number of fused-ring (bicyclic) bond motifs is 2. The van der Waals surface area contributed by atoms with Gasteiger partial charge in [-0.1, -0.05) is 31.0 Å². The van der Waals surface area contributed by atoms with E-state index < -0.39 is 0 Å². The van der Waals surface area contributed by atoms with Gasteiger partial charge in [-0.3, -0.25) is 9.59 Å². The summed E-state index contributed by atoms with van der Waals surface area (Å²) >= 11 is 0. The molecule has 0 unspecified atom stereocenters. The molecule has 1 aromatic heterocycles. The lowest BCUT2D eigenvalue weighted by Crippen LogP contribution is -2.54. The van der Waals surface area contributed by atoms with Gasteiger partial charge >= 0.3 is 0 Å². The van der Waals surface area contributed by atoms with E-state index in [1.807, 2.05) is 29.2 Å². The van der Waals surface area contributed by atoms with E-state index in [9.17, 15) is 9.59 Å². The number of nitrogens with one attached hydrogen (secondary N) is 1. The first-order chi connectivity index (χ1) is 11.2. The van der Waals surface area contributed by atoms with Gasteiger partial charge in [-0.05, 0) is 18.9 Å². The van der Waals surface area contributed by atoms with Crippen LogP contribution in [-0.4, -0.2) is 41.1 Å². The maximum absolute atomic E-state index is 13.1. The molecular formula is C18H20N2O3. The summed E-state index contributed by atoms with van der Waals surface area (Å²) in [5.74, 6) is -0.0486. The molecule has 23 heavy (non-hydrogen) atoms. The number of rotatable bonds is 1. The van der Waals surface area contributed by atoms with Crippen molar-refractivity contribution in [1.82, 2.24) is 9.88 Å². The summed E-state index contributed by atoms with van der Waals surface area (Å²) in [4.78, 5) is 29.8. The Balaban J connectivity index is 1.75. The van der Waals surface area contributed by atoms with Crippen LogP contribution < -0.4 is 5.56 Å². The van der Waals surface area contributed by atoms with Gasteiger partial charge in [0.05, 0.1) is 24.3 Å². The van der Waals surface area contributed by atoms with Gasteiger partial charge in [-0.2, -0.15) is 0 Å². The van der Waals surface area contributed by atoms with Gasteiger partial charge in [0.2, 0.25) is 5.56 Å². The lowest BCUT2D eigenvalue weighted by atomic mass is 9.89. The van der Waals surface area contributed by atoms with E-state index in [1.54, 1.807) is 0 Å². The van der Waals surface area contributed by atoms with Crippen molar-refractivity contribution in [1.29, 1.82) is 0 Å². The molecule has 2 heterocycles. The van der Waals surface area contributed by atoms with Crippen molar-refractivity contribution >= 4 is 16.8 Å². The highest BCUT2D eigenvalue weighted by Crippen LogP contribution is 2.30. The quantitative estimate of drug-likeness (QED) is 0.879. The third kappa shape index (κ3) is 2.55. The standard InChI is InChI=1S/C18H20N2O3/c21-17-11-13(12-5-1-2-6-14(12)19-17)18(22)20-9-10-23-16-8-4-3-7-15(16)20/h1-2,5-6,11,15-16H,3-4,7-10H2,(H,19,21)/t15-,16-/m0/s1. The van der Waals surface area contributed by atoms with E-state index in [0.717, 1.165) is 31.1 Å². The predicted octanol–water partition coefficient (Wildman–Crippen LogP) is 2.31. The molecule has 2 atom stereocenters. The van der Waals surface area contributed by atoms with E-state index in [1.165, 1.54) is 6.07 Å². The number of hydrogen-bond donors (Lipinski definition) is 1. The molecule has 0 radical (unpaired) electrons. The number of amides is 1. The topological polar surface area (TPSA) is 62.4 Å². The Morgan fingerprint density at radius 1 is 1.22 bits per heavy atom. The minimum atomic E-state index is -0.236. The molecule has 1 saturated heterocycles. The van der Waals surface area contributed by atoms with Crippen LogP contribution in [0.2, 0.25) is 0 Å². The lowest BCUT2D eigenvalue weighted by Gasteiger charge is -2.43. The maximum atomic E-state index is 13.1. The van der Waals surface area contributed by atoms with Crippen LogP contribution in [0.3, 0.4) is 0 Å². The second kappa shape index (κ2) is 5.81. The van der Waals surface area contributed by atoms with Gasteiger partial charge in [0, 0.05) is 23.5 Å². The van der Waals surface area contributed by atoms with E-state index >= 15 is 0 Å². The number of hydrogen-bond acceptors (Lipinski definition) is 3. The minimum Gasteiger partial charge on any atom is -0.374 e. The summed E-state index contributed by atoms with van der Waals surface area (Å²) in [5.41, 5.74) is 0.966. The maximum Gasteiger partial charge on any atom is 0.255 e. The number of pyridine rings is 1. The number of benzene rings is 1. The van der Waals surface area contributed by atoms with Gasteiger partial charge < -0.3 is 14.6 Å². The average molecular weight is 312 g/mol. The fourth-order valence-corrected chi connectivity index (χ4v) is 3.88. The van der Waals surface area contributed by atoms with Crippen molar-refractivity contribution in [2.75, 3.05) is 13.2 Å². The third-order valence-corrected chi connectivity index (χ3v) is 4.97. The molecule has 2 aliphatic rings. The van der Waals surface area contributed by atoms with Crippen LogP contribution in [0.1, 0.15) is 36.0 Å². The molecule has 0 bridgehead atoms. The number of aromatic nitrogens is 1. The monoisotopic (exact) mass is 312 g/mol. The van der Waals surface area contributed by atoms with Crippen molar-refractivity contribution < 1.29 is 9.53 Å². The highest BCUT2D eigenvalue weighted by Gasteiger charge is 2.37. The van der Waals surface area contributed by atoms with Crippen LogP contribution in [0.4, 0.5) is 0 Å². The van der Waals surface area contributed by atoms with Crippen molar-refractivity contribution in [2.45, 2.75) is 37.8 Å². The van der Waals surface area contributed by atoms with Crippen LogP contribution in [0, 0.1) is 0 Å². The molecule has 0 spiro atoms. The normalized spacial score (nSPS) is 24.4. The summed E-state index contributed by atoms with van der Waals surface area (Å²) in [6, 6.07) is 9.03. The van der Waals surface area contributed by atoms with E-state index in [2.05, 4.69) is 4.98 Å². The highest BCUT2D eigenvalue weighted by molar-refractivity contribution is 6.06. The smallest absolute Gasteiger partial charge is 0.255 e. The Labute approximate surface area is 134 Å². The largest absolute Gasteiger partial charge is 0.374 e. The lowest BCUT2D eigenvalue weighted by molar-refractivity contribution is -0.0752. The number of aromatic amines is 1. The fourth-order valence-electron chi connectivity index (χ4n) is 3.88. The van der Waals surface area contributed by atoms with Crippen LogP contribution >= 0.6 is 0 Å². The Morgan fingerprint density at radius 3 is 2.96 bits per heavy atom. The zero-order chi connectivity index (χ0) is 15.8. The molecule has 2 fully saturated rings. The highest BCUT2D eigenvalue weighted by atomic mass is 16.5. The molecule has 2 aromatic rings. The number of carbonyl (C=O) groups excluding carboxylic acids is 1. The van der Waals surface area contributed by atoms with Crippen molar-refractivity contribution in [2.24, 2.45) is 0 Å². The third-order valence-electron chi connectivity index (χ3n) is 4.97. The molecule has 1 N–H and O–H groups in total. The molecular weight excluding hydrogens is 292 g/mol. The summed E-state index contributed by atoms with van der Waals surface area (Å²) in [6.45, 7) is 1.18. The summed E-state index contributed by atoms with van der Waals surface area (Å²) in [5, 5.41) is 0.802. The number of nitrogens with zero attached hydrogens (tertiary/aromatic N) is 1. The summed E-state index contributed by atoms with van der Waals surface area (Å²) < 4.78 is 5.85. The van der Waals surface area contributed by atoms with Crippen molar-refractivity contribution in [3.05, 3.63) is 46.2 Å². The van der Waals surface area contributed by atoms with Gasteiger partial charge in [0.15, 0.2) is 0 Å². The Morgan fingerprint density at radius 2 is 2.04 bits per heavy atom. The second-order valence-electron chi connectivity index (χ2n) is 6.35. The number of H-pyrrole nitrogens is 1. The van der Waals surface area contributed by atoms with Gasteiger partial charge in [0.1, 0.15) is 0 Å². The molecule has 1 saturated carbocycles. The zero-order valence-electron chi connectivity index (χ0n) is 13.0. The van der Waals surface area contributed by atoms with Gasteiger partial charge in [-0.15, -0.1) is 0 Å². The molecule has 5 nitrogen and oxygen atoms in total. The molecule has 1 aromatic carbocycles. The number of morpholine rings is 1. The molecule has 120 valence electrons. The number of ether oxygens (including phenoxy) is 1.